The zero-order valence-corrected chi connectivity index (χ0v) is 16.0. The lowest BCUT2D eigenvalue weighted by Gasteiger charge is -2.20. The molecule has 1 amide bonds. The third kappa shape index (κ3) is 4.20. The van der Waals surface area contributed by atoms with Gasteiger partial charge >= 0.3 is 12.1 Å². The Labute approximate surface area is 170 Å². The van der Waals surface area contributed by atoms with E-state index in [-0.39, 0.29) is 30.1 Å². The molecule has 2 unspecified atom stereocenters. The molecular formula is C21H18F3N3O3. The van der Waals surface area contributed by atoms with Crippen LogP contribution in [0, 0.1) is 5.92 Å². The maximum absolute atomic E-state index is 12.8. The quantitative estimate of drug-likeness (QED) is 0.555. The number of aromatic nitrogens is 2. The lowest BCUT2D eigenvalue weighted by molar-refractivity contribution is -0.181. The van der Waals surface area contributed by atoms with Gasteiger partial charge in [0, 0.05) is 11.5 Å². The summed E-state index contributed by atoms with van der Waals surface area (Å²) in [6, 6.07) is 16.4. The van der Waals surface area contributed by atoms with E-state index >= 15 is 0 Å². The van der Waals surface area contributed by atoms with Crippen LogP contribution in [0.15, 0.2) is 59.1 Å². The molecule has 156 valence electrons. The number of hydrogen-bond acceptors (Lipinski definition) is 5. The van der Waals surface area contributed by atoms with Crippen LogP contribution in [0.2, 0.25) is 0 Å². The highest BCUT2D eigenvalue weighted by molar-refractivity contribution is 5.82. The van der Waals surface area contributed by atoms with Crippen LogP contribution in [0.4, 0.5) is 13.2 Å². The van der Waals surface area contributed by atoms with Crippen molar-refractivity contribution in [3.05, 3.63) is 71.6 Å². The Kier molecular flexibility index (Phi) is 5.29. The number of carbonyl (C=O) groups is 1. The highest BCUT2D eigenvalue weighted by atomic mass is 19.4. The molecule has 9 heteroatoms. The second-order valence-corrected chi connectivity index (χ2v) is 7.03. The summed E-state index contributed by atoms with van der Waals surface area (Å²) in [5, 5.41) is 4.67. The molecule has 1 heterocycles. The SMILES string of the molecule is CON(Cc1ccc(-c2noc(C(F)(F)F)n2)cc1)C(=O)C1CC1c1ccccc1. The van der Waals surface area contributed by atoms with Gasteiger partial charge in [-0.05, 0) is 23.5 Å². The molecule has 1 aromatic heterocycles. The average molecular weight is 417 g/mol. The Hall–Kier alpha value is -3.20. The Bertz CT molecular complexity index is 1020. The number of amides is 1. The fourth-order valence-corrected chi connectivity index (χ4v) is 3.33. The molecule has 2 aromatic carbocycles. The van der Waals surface area contributed by atoms with E-state index in [0.717, 1.165) is 17.5 Å². The molecule has 0 saturated heterocycles. The first-order chi connectivity index (χ1) is 14.4. The summed E-state index contributed by atoms with van der Waals surface area (Å²) < 4.78 is 42.0. The second kappa shape index (κ2) is 7.91. The van der Waals surface area contributed by atoms with E-state index in [1.54, 1.807) is 24.3 Å². The molecule has 1 saturated carbocycles. The van der Waals surface area contributed by atoms with Gasteiger partial charge in [-0.25, -0.2) is 5.06 Å². The maximum atomic E-state index is 12.8. The van der Waals surface area contributed by atoms with Crippen LogP contribution < -0.4 is 0 Å². The zero-order valence-electron chi connectivity index (χ0n) is 16.0. The van der Waals surface area contributed by atoms with Gasteiger partial charge in [0.2, 0.25) is 11.7 Å². The van der Waals surface area contributed by atoms with Gasteiger partial charge in [-0.15, -0.1) is 0 Å². The Morgan fingerprint density at radius 2 is 1.87 bits per heavy atom. The third-order valence-electron chi connectivity index (χ3n) is 5.01. The summed E-state index contributed by atoms with van der Waals surface area (Å²) in [7, 11) is 1.43. The predicted molar refractivity (Wildman–Crippen MR) is 99.6 cm³/mol. The molecule has 0 bridgehead atoms. The molecule has 1 aliphatic rings. The predicted octanol–water partition coefficient (Wildman–Crippen LogP) is 4.45. The molecule has 2 atom stereocenters. The Morgan fingerprint density at radius 3 is 2.47 bits per heavy atom. The van der Waals surface area contributed by atoms with Crippen molar-refractivity contribution in [2.45, 2.75) is 25.1 Å². The van der Waals surface area contributed by atoms with Crippen LogP contribution in [0.25, 0.3) is 11.4 Å². The fraction of sp³-hybridized carbons (Fsp3) is 0.286. The van der Waals surface area contributed by atoms with Crippen LogP contribution in [0.1, 0.15) is 29.4 Å². The molecule has 1 fully saturated rings. The minimum Gasteiger partial charge on any atom is -0.329 e. The lowest BCUT2D eigenvalue weighted by Crippen LogP contribution is -2.31. The lowest BCUT2D eigenvalue weighted by atomic mass is 10.1. The van der Waals surface area contributed by atoms with Crippen LogP contribution in [-0.4, -0.2) is 28.2 Å². The van der Waals surface area contributed by atoms with Crippen molar-refractivity contribution < 1.29 is 27.3 Å². The van der Waals surface area contributed by atoms with Gasteiger partial charge in [0.05, 0.1) is 13.7 Å². The number of benzene rings is 2. The third-order valence-corrected chi connectivity index (χ3v) is 5.01. The summed E-state index contributed by atoms with van der Waals surface area (Å²) in [6.07, 6.45) is -3.91. The highest BCUT2D eigenvalue weighted by Crippen LogP contribution is 2.48. The number of halogens is 3. The van der Waals surface area contributed by atoms with Crippen molar-refractivity contribution in [1.82, 2.24) is 15.2 Å². The van der Waals surface area contributed by atoms with Crippen molar-refractivity contribution in [3.63, 3.8) is 0 Å². The van der Waals surface area contributed by atoms with Crippen LogP contribution >= 0.6 is 0 Å². The average Bonchev–Trinajstić information content (AvgIpc) is 3.38. The van der Waals surface area contributed by atoms with E-state index in [4.69, 9.17) is 4.84 Å². The van der Waals surface area contributed by atoms with Gasteiger partial charge in [0.1, 0.15) is 0 Å². The van der Waals surface area contributed by atoms with Crippen molar-refractivity contribution in [2.75, 3.05) is 7.11 Å². The highest BCUT2D eigenvalue weighted by Gasteiger charge is 2.46. The topological polar surface area (TPSA) is 68.5 Å². The van der Waals surface area contributed by atoms with E-state index in [1.807, 2.05) is 30.3 Å². The molecular weight excluding hydrogens is 399 g/mol. The maximum Gasteiger partial charge on any atom is 0.471 e. The Morgan fingerprint density at radius 1 is 1.17 bits per heavy atom. The van der Waals surface area contributed by atoms with Crippen LogP contribution in [0.5, 0.6) is 0 Å². The van der Waals surface area contributed by atoms with E-state index in [2.05, 4.69) is 14.7 Å². The second-order valence-electron chi connectivity index (χ2n) is 7.03. The van der Waals surface area contributed by atoms with Crippen LogP contribution in [0.3, 0.4) is 0 Å². The van der Waals surface area contributed by atoms with Gasteiger partial charge < -0.3 is 4.52 Å². The Balaban J connectivity index is 1.41. The van der Waals surface area contributed by atoms with E-state index in [9.17, 15) is 18.0 Å². The molecule has 0 spiro atoms. The summed E-state index contributed by atoms with van der Waals surface area (Å²) >= 11 is 0. The molecule has 6 nitrogen and oxygen atoms in total. The first-order valence-electron chi connectivity index (χ1n) is 9.27. The van der Waals surface area contributed by atoms with Gasteiger partial charge in [0.15, 0.2) is 0 Å². The first kappa shape index (κ1) is 20.1. The van der Waals surface area contributed by atoms with Crippen molar-refractivity contribution >= 4 is 5.91 Å². The van der Waals surface area contributed by atoms with Gasteiger partial charge in [-0.3, -0.25) is 9.63 Å². The number of carbonyl (C=O) groups excluding carboxylic acids is 1. The first-order valence-corrected chi connectivity index (χ1v) is 9.27. The zero-order chi connectivity index (χ0) is 21.3. The standard InChI is InChI=1S/C21H18F3N3O3/c1-29-27(19(28)17-11-16(17)14-5-3-2-4-6-14)12-13-7-9-15(10-8-13)18-25-20(30-26-18)21(22,23)24/h2-10,16-17H,11-12H2,1H3. The molecule has 0 N–H and O–H groups in total. The van der Waals surface area contributed by atoms with Gasteiger partial charge in [-0.1, -0.05) is 59.8 Å². The molecule has 1 aliphatic carbocycles. The van der Waals surface area contributed by atoms with Crippen molar-refractivity contribution in [1.29, 1.82) is 0 Å². The minimum atomic E-state index is -4.69. The van der Waals surface area contributed by atoms with E-state index < -0.39 is 12.1 Å². The molecule has 3 aromatic rings. The number of nitrogens with zero attached hydrogens (tertiary/aromatic N) is 3. The molecule has 30 heavy (non-hydrogen) atoms. The molecule has 4 rings (SSSR count). The van der Waals surface area contributed by atoms with Crippen LogP contribution in [-0.2, 0) is 22.4 Å². The largest absolute Gasteiger partial charge is 0.471 e. The summed E-state index contributed by atoms with van der Waals surface area (Å²) in [5.74, 6) is -1.57. The monoisotopic (exact) mass is 417 g/mol. The minimum absolute atomic E-state index is 0.0941. The molecule has 0 radical (unpaired) electrons. The van der Waals surface area contributed by atoms with E-state index in [1.165, 1.54) is 12.2 Å². The fourth-order valence-electron chi connectivity index (χ4n) is 3.33. The van der Waals surface area contributed by atoms with Crippen molar-refractivity contribution in [2.24, 2.45) is 5.92 Å². The molecule has 0 aliphatic heterocycles. The number of hydroxylamine groups is 2. The summed E-state index contributed by atoms with van der Waals surface area (Å²) in [4.78, 5) is 21.4. The number of alkyl halides is 3. The van der Waals surface area contributed by atoms with E-state index in [0.29, 0.717) is 5.56 Å². The summed E-state index contributed by atoms with van der Waals surface area (Å²) in [5.41, 5.74) is 2.26. The van der Waals surface area contributed by atoms with Gasteiger partial charge in [0.25, 0.3) is 0 Å². The smallest absolute Gasteiger partial charge is 0.329 e. The van der Waals surface area contributed by atoms with Crippen molar-refractivity contribution in [3.8, 4) is 11.4 Å². The normalized spacial score (nSPS) is 18.3. The summed E-state index contributed by atoms with van der Waals surface area (Å²) in [6.45, 7) is 0.216. The van der Waals surface area contributed by atoms with Gasteiger partial charge in [-0.2, -0.15) is 18.2 Å². The number of rotatable bonds is 6. The number of hydrogen-bond donors (Lipinski definition) is 0.